The molecule has 2 saturated heterocycles. The van der Waals surface area contributed by atoms with Crippen LogP contribution in [0.2, 0.25) is 5.02 Å². The minimum atomic E-state index is -0.303. The Kier molecular flexibility index (Phi) is 4.70. The maximum absolute atomic E-state index is 10.4. The van der Waals surface area contributed by atoms with Gasteiger partial charge < -0.3 is 9.84 Å². The van der Waals surface area contributed by atoms with Crippen LogP contribution in [-0.4, -0.2) is 71.4 Å². The molecule has 0 amide bonds. The Morgan fingerprint density at radius 3 is 2.83 bits per heavy atom. The van der Waals surface area contributed by atoms with Crippen LogP contribution in [0.4, 0.5) is 0 Å². The van der Waals surface area contributed by atoms with E-state index in [0.717, 1.165) is 61.0 Å². The van der Waals surface area contributed by atoms with Gasteiger partial charge in [-0.05, 0) is 24.3 Å². The quantitative estimate of drug-likeness (QED) is 0.917. The van der Waals surface area contributed by atoms with Gasteiger partial charge in [0, 0.05) is 49.2 Å². The summed E-state index contributed by atoms with van der Waals surface area (Å²) in [5.74, 6) is 0. The van der Waals surface area contributed by atoms with Gasteiger partial charge in [0.25, 0.3) is 0 Å². The average Bonchev–Trinajstić information content (AvgIpc) is 2.96. The predicted octanol–water partition coefficient (Wildman–Crippen LogP) is 1.77. The first-order valence-corrected chi connectivity index (χ1v) is 8.84. The van der Waals surface area contributed by atoms with Crippen LogP contribution in [-0.2, 0) is 11.3 Å². The largest absolute Gasteiger partial charge is 0.390 e. The number of halogens is 1. The van der Waals surface area contributed by atoms with E-state index in [-0.39, 0.29) is 12.1 Å². The van der Waals surface area contributed by atoms with Crippen LogP contribution in [0.1, 0.15) is 5.69 Å². The molecule has 2 fully saturated rings. The van der Waals surface area contributed by atoms with Crippen molar-refractivity contribution in [3.63, 3.8) is 0 Å². The lowest BCUT2D eigenvalue weighted by atomic mass is 10.1. The Bertz CT molecular complexity index is 720. The van der Waals surface area contributed by atoms with Crippen LogP contribution in [0.25, 0.3) is 10.9 Å². The van der Waals surface area contributed by atoms with Crippen molar-refractivity contribution in [1.82, 2.24) is 14.8 Å². The number of fused-ring (bicyclic) bond motifs is 1. The van der Waals surface area contributed by atoms with Gasteiger partial charge in [0.05, 0.1) is 30.5 Å². The molecule has 24 heavy (non-hydrogen) atoms. The minimum absolute atomic E-state index is 0.202. The second-order valence-corrected chi connectivity index (χ2v) is 7.05. The molecular weight excluding hydrogens is 326 g/mol. The van der Waals surface area contributed by atoms with E-state index in [1.54, 1.807) is 0 Å². The van der Waals surface area contributed by atoms with Crippen molar-refractivity contribution in [2.75, 3.05) is 39.4 Å². The summed E-state index contributed by atoms with van der Waals surface area (Å²) in [4.78, 5) is 9.36. The second-order valence-electron chi connectivity index (χ2n) is 6.62. The molecule has 1 N–H and O–H groups in total. The Hall–Kier alpha value is -1.24. The number of benzene rings is 1. The Balaban J connectivity index is 1.44. The topological polar surface area (TPSA) is 48.8 Å². The van der Waals surface area contributed by atoms with Crippen molar-refractivity contribution in [1.29, 1.82) is 0 Å². The molecule has 0 aliphatic carbocycles. The van der Waals surface area contributed by atoms with Gasteiger partial charge in [0.15, 0.2) is 0 Å². The third kappa shape index (κ3) is 3.41. The maximum atomic E-state index is 10.4. The SMILES string of the molecule is O[C@H]1CN(Cc2ccc3cc(Cl)ccc3n2)C[C@@H]1N1CCOCC1. The van der Waals surface area contributed by atoms with E-state index in [9.17, 15) is 5.11 Å². The fourth-order valence-corrected chi connectivity index (χ4v) is 3.88. The molecule has 0 unspecified atom stereocenters. The number of morpholine rings is 1. The first-order valence-electron chi connectivity index (χ1n) is 8.46. The zero-order valence-corrected chi connectivity index (χ0v) is 14.3. The van der Waals surface area contributed by atoms with Gasteiger partial charge in [-0.15, -0.1) is 0 Å². The van der Waals surface area contributed by atoms with Crippen LogP contribution in [0.3, 0.4) is 0 Å². The van der Waals surface area contributed by atoms with Gasteiger partial charge in [-0.2, -0.15) is 0 Å². The van der Waals surface area contributed by atoms with Crippen LogP contribution < -0.4 is 0 Å². The number of aliphatic hydroxyl groups is 1. The molecule has 2 aliphatic heterocycles. The smallest absolute Gasteiger partial charge is 0.0834 e. The van der Waals surface area contributed by atoms with Crippen molar-refractivity contribution in [3.8, 4) is 0 Å². The highest BCUT2D eigenvalue weighted by Gasteiger charge is 2.36. The molecule has 2 aliphatic rings. The lowest BCUT2D eigenvalue weighted by Gasteiger charge is -2.33. The second kappa shape index (κ2) is 6.94. The van der Waals surface area contributed by atoms with E-state index < -0.39 is 0 Å². The molecule has 0 spiro atoms. The molecule has 5 nitrogen and oxygen atoms in total. The summed E-state index contributed by atoms with van der Waals surface area (Å²) < 4.78 is 5.41. The molecule has 1 aromatic carbocycles. The van der Waals surface area contributed by atoms with E-state index >= 15 is 0 Å². The highest BCUT2D eigenvalue weighted by atomic mass is 35.5. The van der Waals surface area contributed by atoms with Gasteiger partial charge in [-0.3, -0.25) is 14.8 Å². The van der Waals surface area contributed by atoms with Crippen LogP contribution >= 0.6 is 11.6 Å². The van der Waals surface area contributed by atoms with E-state index in [1.807, 2.05) is 24.3 Å². The first kappa shape index (κ1) is 16.2. The Labute approximate surface area is 146 Å². The van der Waals surface area contributed by atoms with Crippen LogP contribution in [0, 0.1) is 0 Å². The van der Waals surface area contributed by atoms with Gasteiger partial charge in [0.2, 0.25) is 0 Å². The minimum Gasteiger partial charge on any atom is -0.390 e. The number of ether oxygens (including phenoxy) is 1. The fraction of sp³-hybridized carbons (Fsp3) is 0.500. The summed E-state index contributed by atoms with van der Waals surface area (Å²) in [5.41, 5.74) is 1.99. The number of pyridine rings is 1. The molecule has 3 heterocycles. The standard InChI is InChI=1S/C18H22ClN3O2/c19-14-2-4-16-13(9-14)1-3-15(20-16)10-21-11-17(18(23)12-21)22-5-7-24-8-6-22/h1-4,9,17-18,23H,5-8,10-12H2/t17-,18-/m0/s1. The lowest BCUT2D eigenvalue weighted by Crippen LogP contribution is -2.48. The van der Waals surface area contributed by atoms with Crippen molar-refractivity contribution >= 4 is 22.5 Å². The number of rotatable bonds is 3. The fourth-order valence-electron chi connectivity index (χ4n) is 3.70. The summed E-state index contributed by atoms with van der Waals surface area (Å²) in [6, 6.07) is 10.1. The average molecular weight is 348 g/mol. The molecule has 0 radical (unpaired) electrons. The molecule has 128 valence electrons. The number of hydrogen-bond acceptors (Lipinski definition) is 5. The molecule has 6 heteroatoms. The van der Waals surface area contributed by atoms with Crippen molar-refractivity contribution in [2.24, 2.45) is 0 Å². The third-order valence-corrected chi connectivity index (χ3v) is 5.18. The molecule has 2 aromatic rings. The van der Waals surface area contributed by atoms with Gasteiger partial charge in [-0.25, -0.2) is 0 Å². The molecule has 0 saturated carbocycles. The summed E-state index contributed by atoms with van der Waals surface area (Å²) in [6.07, 6.45) is -0.303. The maximum Gasteiger partial charge on any atom is 0.0834 e. The number of aromatic nitrogens is 1. The molecule has 2 atom stereocenters. The summed E-state index contributed by atoms with van der Waals surface area (Å²) in [7, 11) is 0. The van der Waals surface area contributed by atoms with Crippen molar-refractivity contribution in [3.05, 3.63) is 41.0 Å². The normalized spacial score (nSPS) is 26.2. The van der Waals surface area contributed by atoms with Gasteiger partial charge in [0.1, 0.15) is 0 Å². The van der Waals surface area contributed by atoms with Crippen LogP contribution in [0.15, 0.2) is 30.3 Å². The van der Waals surface area contributed by atoms with E-state index in [0.29, 0.717) is 6.54 Å². The van der Waals surface area contributed by atoms with Gasteiger partial charge >= 0.3 is 0 Å². The van der Waals surface area contributed by atoms with Gasteiger partial charge in [-0.1, -0.05) is 17.7 Å². The Morgan fingerprint density at radius 2 is 2.00 bits per heavy atom. The number of β-amino-alcohol motifs (C(OH)–C–C–N with tert-alkyl or cyclic N) is 1. The number of aliphatic hydroxyl groups excluding tert-OH is 1. The Morgan fingerprint density at radius 1 is 1.17 bits per heavy atom. The van der Waals surface area contributed by atoms with Crippen LogP contribution in [0.5, 0.6) is 0 Å². The van der Waals surface area contributed by atoms with Crippen molar-refractivity contribution < 1.29 is 9.84 Å². The summed E-state index contributed by atoms with van der Waals surface area (Å²) in [6.45, 7) is 5.67. The number of likely N-dealkylation sites (tertiary alicyclic amines) is 1. The lowest BCUT2D eigenvalue weighted by molar-refractivity contribution is -0.00618. The highest BCUT2D eigenvalue weighted by Crippen LogP contribution is 2.22. The first-order chi connectivity index (χ1) is 11.7. The predicted molar refractivity (Wildman–Crippen MR) is 94.2 cm³/mol. The highest BCUT2D eigenvalue weighted by molar-refractivity contribution is 6.31. The van der Waals surface area contributed by atoms with Crippen molar-refractivity contribution in [2.45, 2.75) is 18.7 Å². The summed E-state index contributed by atoms with van der Waals surface area (Å²) in [5, 5.41) is 12.2. The summed E-state index contributed by atoms with van der Waals surface area (Å²) >= 11 is 6.02. The molecule has 4 rings (SSSR count). The van der Waals surface area contributed by atoms with E-state index in [2.05, 4.69) is 15.9 Å². The van der Waals surface area contributed by atoms with E-state index in [1.165, 1.54) is 0 Å². The zero-order valence-electron chi connectivity index (χ0n) is 13.6. The molecular formula is C18H22ClN3O2. The monoisotopic (exact) mass is 347 g/mol. The zero-order chi connectivity index (χ0) is 16.5. The number of nitrogens with zero attached hydrogens (tertiary/aromatic N) is 3. The molecule has 1 aromatic heterocycles. The molecule has 0 bridgehead atoms. The number of hydrogen-bond donors (Lipinski definition) is 1. The third-order valence-electron chi connectivity index (χ3n) is 4.94. The van der Waals surface area contributed by atoms with E-state index in [4.69, 9.17) is 21.3 Å².